The Labute approximate surface area is 119 Å². The highest BCUT2D eigenvalue weighted by Crippen LogP contribution is 2.33. The van der Waals surface area contributed by atoms with E-state index in [1.54, 1.807) is 0 Å². The fourth-order valence-corrected chi connectivity index (χ4v) is 2.96. The zero-order valence-corrected chi connectivity index (χ0v) is 11.8. The van der Waals surface area contributed by atoms with Gasteiger partial charge in [-0.2, -0.15) is 0 Å². The van der Waals surface area contributed by atoms with Crippen LogP contribution in [-0.4, -0.2) is 32.2 Å². The quantitative estimate of drug-likeness (QED) is 0.825. The average Bonchev–Trinajstić information content (AvgIpc) is 2.90. The van der Waals surface area contributed by atoms with Gasteiger partial charge >= 0.3 is 0 Å². The summed E-state index contributed by atoms with van der Waals surface area (Å²) < 4.78 is 5.67. The van der Waals surface area contributed by atoms with Crippen LogP contribution in [0.3, 0.4) is 0 Å². The first-order chi connectivity index (χ1) is 9.63. The zero-order valence-electron chi connectivity index (χ0n) is 11.8. The van der Waals surface area contributed by atoms with Crippen LogP contribution in [0.2, 0.25) is 0 Å². The number of aryl methyl sites for hydroxylation is 1. The molecule has 0 bridgehead atoms. The summed E-state index contributed by atoms with van der Waals surface area (Å²) in [4.78, 5) is 13.6. The Morgan fingerprint density at radius 2 is 2.30 bits per heavy atom. The minimum atomic E-state index is 0.0670. The number of amides is 1. The molecule has 0 saturated carbocycles. The second kappa shape index (κ2) is 5.32. The third-order valence-electron chi connectivity index (χ3n) is 4.06. The number of anilines is 3. The van der Waals surface area contributed by atoms with Gasteiger partial charge in [0.15, 0.2) is 0 Å². The average molecular weight is 275 g/mol. The first kappa shape index (κ1) is 13.2. The van der Waals surface area contributed by atoms with E-state index in [0.717, 1.165) is 49.4 Å². The van der Waals surface area contributed by atoms with Gasteiger partial charge in [0, 0.05) is 32.3 Å². The monoisotopic (exact) mass is 275 g/mol. The van der Waals surface area contributed by atoms with E-state index in [1.165, 1.54) is 0 Å². The van der Waals surface area contributed by atoms with E-state index in [9.17, 15) is 4.79 Å². The zero-order chi connectivity index (χ0) is 14.1. The van der Waals surface area contributed by atoms with Crippen LogP contribution in [-0.2, 0) is 16.0 Å². The van der Waals surface area contributed by atoms with E-state index in [-0.39, 0.29) is 5.91 Å². The molecule has 1 saturated heterocycles. The molecule has 1 atom stereocenters. The number of nitrogens with one attached hydrogen (secondary N) is 1. The maximum absolute atomic E-state index is 11.4. The molecular weight excluding hydrogens is 254 g/mol. The van der Waals surface area contributed by atoms with Gasteiger partial charge in [0.1, 0.15) is 0 Å². The van der Waals surface area contributed by atoms with Crippen molar-refractivity contribution in [2.45, 2.75) is 31.8 Å². The van der Waals surface area contributed by atoms with E-state index in [4.69, 9.17) is 10.5 Å². The Morgan fingerprint density at radius 3 is 3.05 bits per heavy atom. The predicted octanol–water partition coefficient (Wildman–Crippen LogP) is 1.77. The number of benzene rings is 1. The van der Waals surface area contributed by atoms with Crippen LogP contribution in [0.1, 0.15) is 24.8 Å². The summed E-state index contributed by atoms with van der Waals surface area (Å²) in [7, 11) is 2.04. The van der Waals surface area contributed by atoms with Gasteiger partial charge in [-0.15, -0.1) is 0 Å². The van der Waals surface area contributed by atoms with E-state index in [1.807, 2.05) is 13.1 Å². The van der Waals surface area contributed by atoms with Crippen molar-refractivity contribution >= 4 is 23.0 Å². The molecule has 1 amide bonds. The first-order valence-electron chi connectivity index (χ1n) is 7.18. The normalized spacial score (nSPS) is 21.4. The maximum Gasteiger partial charge on any atom is 0.224 e. The summed E-state index contributed by atoms with van der Waals surface area (Å²) in [5, 5.41) is 2.88. The standard InChI is InChI=1S/C15H21N3O2/c1-18(9-11-3-2-6-20-11)14-7-10-4-5-15(19)17-13(10)8-12(14)16/h7-8,11H,2-6,9,16H2,1H3,(H,17,19). The lowest BCUT2D eigenvalue weighted by Crippen LogP contribution is -2.29. The van der Waals surface area contributed by atoms with Gasteiger partial charge < -0.3 is 20.7 Å². The molecule has 1 aromatic rings. The van der Waals surface area contributed by atoms with Crippen molar-refractivity contribution in [1.29, 1.82) is 0 Å². The van der Waals surface area contributed by atoms with E-state index in [0.29, 0.717) is 18.2 Å². The number of nitrogen functional groups attached to an aromatic ring is 1. The molecule has 3 rings (SSSR count). The number of hydrogen-bond donors (Lipinski definition) is 2. The molecule has 0 aliphatic carbocycles. The second-order valence-electron chi connectivity index (χ2n) is 5.63. The molecule has 2 aliphatic heterocycles. The fourth-order valence-electron chi connectivity index (χ4n) is 2.96. The number of nitrogens with zero attached hydrogens (tertiary/aromatic N) is 1. The van der Waals surface area contributed by atoms with Gasteiger partial charge in [0.2, 0.25) is 5.91 Å². The molecule has 5 heteroatoms. The molecule has 3 N–H and O–H groups in total. The maximum atomic E-state index is 11.4. The third kappa shape index (κ3) is 2.58. The van der Waals surface area contributed by atoms with E-state index in [2.05, 4.69) is 16.3 Å². The first-order valence-corrected chi connectivity index (χ1v) is 7.18. The van der Waals surface area contributed by atoms with Crippen molar-refractivity contribution < 1.29 is 9.53 Å². The molecule has 0 spiro atoms. The van der Waals surface area contributed by atoms with Crippen molar-refractivity contribution in [3.63, 3.8) is 0 Å². The minimum absolute atomic E-state index is 0.0670. The van der Waals surface area contributed by atoms with Crippen molar-refractivity contribution in [2.24, 2.45) is 0 Å². The van der Waals surface area contributed by atoms with Crippen LogP contribution < -0.4 is 16.0 Å². The Morgan fingerprint density at radius 1 is 1.45 bits per heavy atom. The summed E-state index contributed by atoms with van der Waals surface area (Å²) in [6.45, 7) is 1.72. The molecule has 108 valence electrons. The molecule has 1 aromatic carbocycles. The van der Waals surface area contributed by atoms with Crippen LogP contribution in [0, 0.1) is 0 Å². The van der Waals surface area contributed by atoms with Gasteiger partial charge in [-0.25, -0.2) is 0 Å². The number of likely N-dealkylation sites (N-methyl/N-ethyl adjacent to an activating group) is 1. The highest BCUT2D eigenvalue weighted by Gasteiger charge is 2.21. The van der Waals surface area contributed by atoms with Crippen molar-refractivity contribution in [3.8, 4) is 0 Å². The highest BCUT2D eigenvalue weighted by molar-refractivity contribution is 5.95. The number of rotatable bonds is 3. The minimum Gasteiger partial charge on any atom is -0.397 e. The summed E-state index contributed by atoms with van der Waals surface area (Å²) >= 11 is 0. The number of nitrogens with two attached hydrogens (primary N) is 1. The van der Waals surface area contributed by atoms with Gasteiger partial charge in [0.05, 0.1) is 17.5 Å². The highest BCUT2D eigenvalue weighted by atomic mass is 16.5. The Kier molecular flexibility index (Phi) is 3.53. The Balaban J connectivity index is 1.80. The van der Waals surface area contributed by atoms with Crippen LogP contribution in [0.25, 0.3) is 0 Å². The summed E-state index contributed by atoms with van der Waals surface area (Å²) in [5.41, 5.74) is 9.87. The molecule has 2 aliphatic rings. The lowest BCUT2D eigenvalue weighted by atomic mass is 10.0. The van der Waals surface area contributed by atoms with E-state index >= 15 is 0 Å². The smallest absolute Gasteiger partial charge is 0.224 e. The largest absolute Gasteiger partial charge is 0.397 e. The topological polar surface area (TPSA) is 67.6 Å². The lowest BCUT2D eigenvalue weighted by Gasteiger charge is -2.26. The molecule has 0 aromatic heterocycles. The van der Waals surface area contributed by atoms with Gasteiger partial charge in [-0.05, 0) is 37.0 Å². The number of ether oxygens (including phenoxy) is 1. The summed E-state index contributed by atoms with van der Waals surface area (Å²) in [6.07, 6.45) is 3.89. The fraction of sp³-hybridized carbons (Fsp3) is 0.533. The number of carbonyl (C=O) groups is 1. The van der Waals surface area contributed by atoms with E-state index < -0.39 is 0 Å². The molecule has 5 nitrogen and oxygen atoms in total. The van der Waals surface area contributed by atoms with Crippen molar-refractivity contribution in [3.05, 3.63) is 17.7 Å². The SMILES string of the molecule is CN(CC1CCCO1)c1cc2c(cc1N)NC(=O)CC2. The summed E-state index contributed by atoms with van der Waals surface area (Å²) in [5.74, 6) is 0.0670. The van der Waals surface area contributed by atoms with Crippen LogP contribution in [0.4, 0.5) is 17.1 Å². The number of hydrogen-bond acceptors (Lipinski definition) is 4. The molecule has 0 radical (unpaired) electrons. The second-order valence-corrected chi connectivity index (χ2v) is 5.63. The number of carbonyl (C=O) groups excluding carboxylic acids is 1. The van der Waals surface area contributed by atoms with Gasteiger partial charge in [-0.3, -0.25) is 4.79 Å². The summed E-state index contributed by atoms with van der Waals surface area (Å²) in [6, 6.07) is 3.97. The van der Waals surface area contributed by atoms with Gasteiger partial charge in [-0.1, -0.05) is 0 Å². The Hall–Kier alpha value is -1.75. The molecule has 2 heterocycles. The van der Waals surface area contributed by atoms with Crippen LogP contribution >= 0.6 is 0 Å². The van der Waals surface area contributed by atoms with Crippen LogP contribution in [0.5, 0.6) is 0 Å². The third-order valence-corrected chi connectivity index (χ3v) is 4.06. The Bertz CT molecular complexity index is 524. The molecule has 1 unspecified atom stereocenters. The van der Waals surface area contributed by atoms with Gasteiger partial charge in [0.25, 0.3) is 0 Å². The molecular formula is C15H21N3O2. The lowest BCUT2D eigenvalue weighted by molar-refractivity contribution is -0.116. The van der Waals surface area contributed by atoms with Crippen molar-refractivity contribution in [2.75, 3.05) is 36.1 Å². The molecule has 1 fully saturated rings. The molecule has 20 heavy (non-hydrogen) atoms. The van der Waals surface area contributed by atoms with Crippen LogP contribution in [0.15, 0.2) is 12.1 Å². The predicted molar refractivity (Wildman–Crippen MR) is 80.0 cm³/mol. The number of fused-ring (bicyclic) bond motifs is 1. The van der Waals surface area contributed by atoms with Crippen molar-refractivity contribution in [1.82, 2.24) is 0 Å².